The summed E-state index contributed by atoms with van der Waals surface area (Å²) in [4.78, 5) is 16.9. The number of fused-ring (bicyclic) bond motifs is 1. The van der Waals surface area contributed by atoms with E-state index in [-0.39, 0.29) is 11.7 Å². The van der Waals surface area contributed by atoms with Crippen molar-refractivity contribution in [2.45, 2.75) is 29.9 Å². The summed E-state index contributed by atoms with van der Waals surface area (Å²) in [5.41, 5.74) is 6.46. The van der Waals surface area contributed by atoms with Crippen LogP contribution in [0.5, 0.6) is 0 Å². The molecule has 108 valence electrons. The zero-order valence-electron chi connectivity index (χ0n) is 11.7. The predicted octanol–water partition coefficient (Wildman–Crippen LogP) is 2.43. The summed E-state index contributed by atoms with van der Waals surface area (Å²) in [6.07, 6.45) is 3.47. The molecule has 0 fully saturated rings. The Hall–Kier alpha value is -2.28. The second-order valence-corrected chi connectivity index (χ2v) is 5.96. The van der Waals surface area contributed by atoms with Gasteiger partial charge in [-0.15, -0.1) is 5.10 Å². The van der Waals surface area contributed by atoms with Crippen LogP contribution in [-0.2, 0) is 0 Å². The molecule has 2 heterocycles. The first-order valence-electron chi connectivity index (χ1n) is 6.55. The molecule has 0 saturated carbocycles. The summed E-state index contributed by atoms with van der Waals surface area (Å²) in [6.45, 7) is 3.90. The molecule has 0 spiro atoms. The van der Waals surface area contributed by atoms with Gasteiger partial charge in [-0.05, 0) is 43.8 Å². The van der Waals surface area contributed by atoms with Gasteiger partial charge in [0.1, 0.15) is 0 Å². The van der Waals surface area contributed by atoms with E-state index in [0.29, 0.717) is 10.8 Å². The molecular formula is C14H15N5OS. The highest BCUT2D eigenvalue weighted by Gasteiger charge is 2.14. The Balaban J connectivity index is 2.11. The molecule has 7 heteroatoms. The maximum atomic E-state index is 11.8. The van der Waals surface area contributed by atoms with Gasteiger partial charge in [0.15, 0.2) is 5.16 Å². The SMILES string of the molecule is CC(C)n1c(Sc2ccc(N)c3cnccc23)n[nH]c1=O. The second-order valence-electron chi connectivity index (χ2n) is 4.95. The molecule has 0 saturated heterocycles. The standard InChI is InChI=1S/C14H15N5OS/c1-8(2)19-13(20)17-18-14(19)21-12-4-3-11(15)10-7-16-6-5-9(10)12/h3-8H,15H2,1-2H3,(H,17,20). The van der Waals surface area contributed by atoms with E-state index in [4.69, 9.17) is 5.73 Å². The molecule has 0 unspecified atom stereocenters. The third-order valence-corrected chi connectivity index (χ3v) is 4.25. The largest absolute Gasteiger partial charge is 0.398 e. The predicted molar refractivity (Wildman–Crippen MR) is 83.5 cm³/mol. The van der Waals surface area contributed by atoms with Crippen LogP contribution in [0.4, 0.5) is 5.69 Å². The van der Waals surface area contributed by atoms with Gasteiger partial charge in [0, 0.05) is 39.8 Å². The minimum absolute atomic E-state index is 0.0421. The molecule has 0 bridgehead atoms. The van der Waals surface area contributed by atoms with Gasteiger partial charge in [-0.3, -0.25) is 9.55 Å². The fourth-order valence-corrected chi connectivity index (χ4v) is 3.29. The average Bonchev–Trinajstić information content (AvgIpc) is 2.83. The van der Waals surface area contributed by atoms with Gasteiger partial charge < -0.3 is 5.73 Å². The van der Waals surface area contributed by atoms with E-state index in [1.165, 1.54) is 11.8 Å². The lowest BCUT2D eigenvalue weighted by Crippen LogP contribution is -2.19. The molecule has 6 nitrogen and oxygen atoms in total. The van der Waals surface area contributed by atoms with Gasteiger partial charge in [-0.2, -0.15) is 0 Å². The van der Waals surface area contributed by atoms with Crippen molar-refractivity contribution in [2.75, 3.05) is 5.73 Å². The monoisotopic (exact) mass is 301 g/mol. The van der Waals surface area contributed by atoms with Crippen LogP contribution in [0.25, 0.3) is 10.8 Å². The third-order valence-electron chi connectivity index (χ3n) is 3.20. The zero-order valence-corrected chi connectivity index (χ0v) is 12.5. The van der Waals surface area contributed by atoms with Gasteiger partial charge in [-0.25, -0.2) is 9.89 Å². The topological polar surface area (TPSA) is 89.6 Å². The van der Waals surface area contributed by atoms with Crippen molar-refractivity contribution in [1.29, 1.82) is 0 Å². The van der Waals surface area contributed by atoms with Crippen LogP contribution in [0, 0.1) is 0 Å². The minimum Gasteiger partial charge on any atom is -0.398 e. The number of rotatable bonds is 3. The highest BCUT2D eigenvalue weighted by atomic mass is 32.2. The molecule has 0 aliphatic rings. The summed E-state index contributed by atoms with van der Waals surface area (Å²) >= 11 is 1.44. The number of anilines is 1. The Morgan fingerprint density at radius 2 is 2.10 bits per heavy atom. The molecule has 3 rings (SSSR count). The van der Waals surface area contributed by atoms with Gasteiger partial charge in [0.25, 0.3) is 0 Å². The van der Waals surface area contributed by atoms with Crippen molar-refractivity contribution in [3.05, 3.63) is 41.1 Å². The quantitative estimate of drug-likeness (QED) is 0.725. The molecule has 0 atom stereocenters. The van der Waals surface area contributed by atoms with Crippen LogP contribution in [0.2, 0.25) is 0 Å². The fourth-order valence-electron chi connectivity index (χ4n) is 2.19. The number of nitrogens with zero attached hydrogens (tertiary/aromatic N) is 3. The van der Waals surface area contributed by atoms with Crippen molar-refractivity contribution in [2.24, 2.45) is 0 Å². The summed E-state index contributed by atoms with van der Waals surface area (Å²) < 4.78 is 1.63. The number of hydrogen-bond acceptors (Lipinski definition) is 5. The Morgan fingerprint density at radius 1 is 1.29 bits per heavy atom. The Kier molecular flexibility index (Phi) is 3.42. The molecule has 0 radical (unpaired) electrons. The lowest BCUT2D eigenvalue weighted by molar-refractivity contribution is 0.534. The first-order chi connectivity index (χ1) is 10.1. The van der Waals surface area contributed by atoms with Crippen LogP contribution in [0.1, 0.15) is 19.9 Å². The number of benzene rings is 1. The van der Waals surface area contributed by atoms with Gasteiger partial charge in [-0.1, -0.05) is 0 Å². The summed E-state index contributed by atoms with van der Waals surface area (Å²) in [5.74, 6) is 0. The maximum absolute atomic E-state index is 11.8. The lowest BCUT2D eigenvalue weighted by Gasteiger charge is -2.10. The molecule has 3 N–H and O–H groups in total. The number of aromatic amines is 1. The maximum Gasteiger partial charge on any atom is 0.344 e. The number of hydrogen-bond donors (Lipinski definition) is 2. The first kappa shape index (κ1) is 13.7. The van der Waals surface area contributed by atoms with Gasteiger partial charge in [0.05, 0.1) is 0 Å². The molecular weight excluding hydrogens is 286 g/mol. The van der Waals surface area contributed by atoms with Crippen molar-refractivity contribution < 1.29 is 0 Å². The van der Waals surface area contributed by atoms with E-state index in [2.05, 4.69) is 15.2 Å². The molecule has 2 aromatic heterocycles. The van der Waals surface area contributed by atoms with E-state index < -0.39 is 0 Å². The average molecular weight is 301 g/mol. The molecule has 0 aliphatic carbocycles. The second kappa shape index (κ2) is 5.25. The number of pyridine rings is 1. The van der Waals surface area contributed by atoms with Gasteiger partial charge in [0.2, 0.25) is 0 Å². The third kappa shape index (κ3) is 2.40. The van der Waals surface area contributed by atoms with E-state index in [1.54, 1.807) is 17.0 Å². The molecule has 1 aromatic carbocycles. The smallest absolute Gasteiger partial charge is 0.344 e. The highest BCUT2D eigenvalue weighted by molar-refractivity contribution is 7.99. The summed E-state index contributed by atoms with van der Waals surface area (Å²) in [5, 5.41) is 9.14. The molecule has 3 aromatic rings. The zero-order chi connectivity index (χ0) is 15.0. The molecule has 0 aliphatic heterocycles. The molecule has 0 amide bonds. The number of H-pyrrole nitrogens is 1. The van der Waals surface area contributed by atoms with E-state index in [0.717, 1.165) is 15.7 Å². The van der Waals surface area contributed by atoms with Crippen molar-refractivity contribution in [1.82, 2.24) is 19.7 Å². The van der Waals surface area contributed by atoms with E-state index >= 15 is 0 Å². The number of nitrogens with one attached hydrogen (secondary N) is 1. The Morgan fingerprint density at radius 3 is 2.86 bits per heavy atom. The first-order valence-corrected chi connectivity index (χ1v) is 7.36. The summed E-state index contributed by atoms with van der Waals surface area (Å²) in [6, 6.07) is 5.74. The molecule has 21 heavy (non-hydrogen) atoms. The van der Waals surface area contributed by atoms with E-state index in [1.807, 2.05) is 32.0 Å². The lowest BCUT2D eigenvalue weighted by atomic mass is 10.1. The Bertz CT molecular complexity index is 852. The van der Waals surface area contributed by atoms with Crippen LogP contribution < -0.4 is 11.4 Å². The van der Waals surface area contributed by atoms with Crippen LogP contribution in [-0.4, -0.2) is 19.7 Å². The normalized spacial score (nSPS) is 11.4. The number of aromatic nitrogens is 4. The van der Waals surface area contributed by atoms with Crippen LogP contribution >= 0.6 is 11.8 Å². The van der Waals surface area contributed by atoms with Crippen molar-refractivity contribution >= 4 is 28.2 Å². The highest BCUT2D eigenvalue weighted by Crippen LogP contribution is 2.34. The van der Waals surface area contributed by atoms with Crippen molar-refractivity contribution in [3.63, 3.8) is 0 Å². The number of nitrogens with two attached hydrogens (primary N) is 1. The van der Waals surface area contributed by atoms with Crippen LogP contribution in [0.15, 0.2) is 45.4 Å². The fraction of sp³-hybridized carbons (Fsp3) is 0.214. The van der Waals surface area contributed by atoms with Crippen LogP contribution in [0.3, 0.4) is 0 Å². The summed E-state index contributed by atoms with van der Waals surface area (Å²) in [7, 11) is 0. The van der Waals surface area contributed by atoms with Gasteiger partial charge >= 0.3 is 5.69 Å². The van der Waals surface area contributed by atoms with E-state index in [9.17, 15) is 4.79 Å². The van der Waals surface area contributed by atoms with Crippen molar-refractivity contribution in [3.8, 4) is 0 Å². The Labute approximate surface area is 125 Å². The minimum atomic E-state index is -0.200. The number of nitrogen functional groups attached to an aromatic ring is 1.